The Labute approximate surface area is 243 Å². The van der Waals surface area contributed by atoms with Crippen molar-refractivity contribution < 1.29 is 19.7 Å². The minimum absolute atomic E-state index is 0.132. The number of aliphatic hydroxyl groups is 2. The highest BCUT2D eigenvalue weighted by Crippen LogP contribution is 2.24. The van der Waals surface area contributed by atoms with Crippen LogP contribution in [0.25, 0.3) is 0 Å². The third kappa shape index (κ3) is 9.08. The first-order valence-corrected chi connectivity index (χ1v) is 14.4. The highest BCUT2D eigenvalue weighted by atomic mass is 16.5. The molecule has 1 aliphatic rings. The summed E-state index contributed by atoms with van der Waals surface area (Å²) in [6.07, 6.45) is 2.76. The van der Waals surface area contributed by atoms with E-state index in [-0.39, 0.29) is 25.1 Å². The van der Waals surface area contributed by atoms with Gasteiger partial charge in [-0.15, -0.1) is 0 Å². The fourth-order valence-electron chi connectivity index (χ4n) is 5.01. The predicted molar refractivity (Wildman–Crippen MR) is 163 cm³/mol. The highest BCUT2D eigenvalue weighted by Gasteiger charge is 2.24. The van der Waals surface area contributed by atoms with Crippen LogP contribution in [0.3, 0.4) is 0 Å². The number of carbonyl (C=O) groups excluding carboxylic acids is 1. The zero-order valence-corrected chi connectivity index (χ0v) is 24.2. The van der Waals surface area contributed by atoms with Gasteiger partial charge in [0.15, 0.2) is 0 Å². The maximum absolute atomic E-state index is 13.4. The second kappa shape index (κ2) is 15.1. The summed E-state index contributed by atoms with van der Waals surface area (Å²) in [6, 6.07) is 23.0. The molecule has 0 saturated carbocycles. The summed E-state index contributed by atoms with van der Waals surface area (Å²) in [7, 11) is 0. The number of ether oxygens (including phenoxy) is 1. The van der Waals surface area contributed by atoms with E-state index in [1.165, 1.54) is 5.56 Å². The van der Waals surface area contributed by atoms with Crippen LogP contribution < -0.4 is 16.0 Å². The quantitative estimate of drug-likeness (QED) is 0.271. The molecule has 7 nitrogen and oxygen atoms in total. The van der Waals surface area contributed by atoms with Crippen LogP contribution in [-0.2, 0) is 11.3 Å². The van der Waals surface area contributed by atoms with Crippen molar-refractivity contribution in [1.82, 2.24) is 16.0 Å². The van der Waals surface area contributed by atoms with Crippen LogP contribution in [0.5, 0.6) is 0 Å². The van der Waals surface area contributed by atoms with E-state index in [1.54, 1.807) is 12.1 Å². The molecule has 0 spiro atoms. The molecule has 0 fully saturated rings. The predicted octanol–water partition coefficient (Wildman–Crippen LogP) is 4.67. The van der Waals surface area contributed by atoms with Crippen LogP contribution in [0, 0.1) is 6.92 Å². The van der Waals surface area contributed by atoms with E-state index >= 15 is 0 Å². The number of aryl methyl sites for hydroxylation is 1. The Kier molecular flexibility index (Phi) is 11.2. The van der Waals surface area contributed by atoms with Crippen molar-refractivity contribution in [2.75, 3.05) is 19.8 Å². The molecule has 41 heavy (non-hydrogen) atoms. The molecule has 0 radical (unpaired) electrons. The molecule has 0 saturated heterocycles. The summed E-state index contributed by atoms with van der Waals surface area (Å²) < 4.78 is 5.88. The molecule has 1 aliphatic heterocycles. The van der Waals surface area contributed by atoms with Crippen LogP contribution in [0.2, 0.25) is 0 Å². The van der Waals surface area contributed by atoms with E-state index in [1.807, 2.05) is 55.5 Å². The summed E-state index contributed by atoms with van der Waals surface area (Å²) in [5, 5.41) is 31.8. The van der Waals surface area contributed by atoms with Gasteiger partial charge >= 0.3 is 0 Å². The molecule has 4 rings (SSSR count). The topological polar surface area (TPSA) is 103 Å². The smallest absolute Gasteiger partial charge is 0.251 e. The number of carbonyl (C=O) groups is 1. The van der Waals surface area contributed by atoms with Crippen LogP contribution in [0.4, 0.5) is 0 Å². The largest absolute Gasteiger partial charge is 0.390 e. The minimum atomic E-state index is -0.971. The number of hydrogen-bond acceptors (Lipinski definition) is 6. The molecular formula is C34H43N3O4. The molecule has 0 aliphatic carbocycles. The van der Waals surface area contributed by atoms with Gasteiger partial charge in [0.2, 0.25) is 0 Å². The summed E-state index contributed by atoms with van der Waals surface area (Å²) in [6.45, 7) is 7.62. The Balaban J connectivity index is 1.49. The number of nitrogens with one attached hydrogen (secondary N) is 3. The fourth-order valence-corrected chi connectivity index (χ4v) is 5.01. The zero-order chi connectivity index (χ0) is 29.2. The van der Waals surface area contributed by atoms with Gasteiger partial charge in [0.25, 0.3) is 5.91 Å². The Morgan fingerprint density at radius 2 is 1.80 bits per heavy atom. The van der Waals surface area contributed by atoms with E-state index in [9.17, 15) is 15.0 Å². The van der Waals surface area contributed by atoms with E-state index in [0.717, 1.165) is 16.7 Å². The molecule has 7 heteroatoms. The summed E-state index contributed by atoms with van der Waals surface area (Å²) in [5.41, 5.74) is 5.35. The average Bonchev–Trinajstić information content (AvgIpc) is 2.97. The van der Waals surface area contributed by atoms with Crippen LogP contribution in [0.1, 0.15) is 76.6 Å². The van der Waals surface area contributed by atoms with Crippen LogP contribution in [0.15, 0.2) is 84.9 Å². The number of hydrogen-bond donors (Lipinski definition) is 5. The molecule has 5 N–H and O–H groups in total. The third-order valence-corrected chi connectivity index (χ3v) is 7.37. The van der Waals surface area contributed by atoms with E-state index < -0.39 is 18.4 Å². The first kappa shape index (κ1) is 30.6. The number of fused-ring (bicyclic) bond motifs is 2. The van der Waals surface area contributed by atoms with Gasteiger partial charge in [0, 0.05) is 24.7 Å². The Hall–Kier alpha value is -3.33. The number of rotatable bonds is 7. The van der Waals surface area contributed by atoms with E-state index in [4.69, 9.17) is 4.74 Å². The summed E-state index contributed by atoms with van der Waals surface area (Å²) in [5.74, 6) is 0.115. The van der Waals surface area contributed by atoms with Crippen LogP contribution >= 0.6 is 0 Å². The summed E-state index contributed by atoms with van der Waals surface area (Å²) >= 11 is 0. The second-order valence-corrected chi connectivity index (χ2v) is 11.1. The first-order chi connectivity index (χ1) is 19.8. The van der Waals surface area contributed by atoms with Crippen molar-refractivity contribution in [1.29, 1.82) is 0 Å². The van der Waals surface area contributed by atoms with Crippen molar-refractivity contribution in [2.45, 2.75) is 64.1 Å². The molecule has 3 aromatic rings. The lowest BCUT2D eigenvalue weighted by Crippen LogP contribution is -2.50. The lowest BCUT2D eigenvalue weighted by atomic mass is 10.0. The lowest BCUT2D eigenvalue weighted by Gasteiger charge is -2.25. The van der Waals surface area contributed by atoms with Gasteiger partial charge in [-0.1, -0.05) is 86.7 Å². The van der Waals surface area contributed by atoms with Gasteiger partial charge in [-0.3, -0.25) is 10.1 Å². The van der Waals surface area contributed by atoms with Crippen molar-refractivity contribution in [3.63, 3.8) is 0 Å². The molecule has 2 bridgehead atoms. The highest BCUT2D eigenvalue weighted by molar-refractivity contribution is 5.94. The SMILES string of the molecule is Cc1cc2cc(c1)[C@@H](O)N[C@@H](c1ccccc1)C/C=C/COC[C@@H]([C@H](O)CNCc1cccc(C(C)C)c1)NC2=O. The van der Waals surface area contributed by atoms with Gasteiger partial charge in [-0.05, 0) is 59.2 Å². The molecule has 218 valence electrons. The Bertz CT molecular complexity index is 1290. The second-order valence-electron chi connectivity index (χ2n) is 11.1. The van der Waals surface area contributed by atoms with Crippen molar-refractivity contribution in [3.8, 4) is 0 Å². The van der Waals surface area contributed by atoms with E-state index in [2.05, 4.69) is 54.1 Å². The number of benzene rings is 3. The number of aliphatic hydroxyl groups excluding tert-OH is 2. The maximum Gasteiger partial charge on any atom is 0.251 e. The van der Waals surface area contributed by atoms with Gasteiger partial charge < -0.3 is 25.6 Å². The van der Waals surface area contributed by atoms with Crippen molar-refractivity contribution in [3.05, 3.63) is 118 Å². The van der Waals surface area contributed by atoms with Crippen molar-refractivity contribution in [2.24, 2.45) is 0 Å². The zero-order valence-electron chi connectivity index (χ0n) is 24.2. The van der Waals surface area contributed by atoms with Gasteiger partial charge in [0.05, 0.1) is 25.4 Å². The minimum Gasteiger partial charge on any atom is -0.390 e. The van der Waals surface area contributed by atoms with Gasteiger partial charge in [-0.2, -0.15) is 0 Å². The normalized spacial score (nSPS) is 21.9. The fraction of sp³-hybridized carbons (Fsp3) is 0.382. The lowest BCUT2D eigenvalue weighted by molar-refractivity contribution is 0.0516. The molecule has 0 aromatic heterocycles. The molecule has 3 aromatic carbocycles. The van der Waals surface area contributed by atoms with Gasteiger partial charge in [0.1, 0.15) is 6.23 Å². The monoisotopic (exact) mass is 557 g/mol. The molecule has 1 heterocycles. The maximum atomic E-state index is 13.4. The van der Waals surface area contributed by atoms with Crippen molar-refractivity contribution >= 4 is 5.91 Å². The summed E-state index contributed by atoms with van der Waals surface area (Å²) in [4.78, 5) is 13.4. The van der Waals surface area contributed by atoms with Gasteiger partial charge in [-0.25, -0.2) is 0 Å². The van der Waals surface area contributed by atoms with Crippen LogP contribution in [-0.4, -0.2) is 48.0 Å². The Morgan fingerprint density at radius 3 is 2.59 bits per heavy atom. The molecular weight excluding hydrogens is 514 g/mol. The van der Waals surface area contributed by atoms with E-state index in [0.29, 0.717) is 36.6 Å². The first-order valence-electron chi connectivity index (χ1n) is 14.4. The third-order valence-electron chi connectivity index (χ3n) is 7.37. The molecule has 4 atom stereocenters. The standard InChI is InChI=1S/C34H43N3O4/c1-23(2)27-13-9-10-25(18-27)20-35-21-32(38)31-22-41-15-8-7-14-30(26-11-5-4-6-12-26)36-33(39)28-16-24(3)17-29(19-28)34(40)37-31/h4-13,16-19,23,30-33,35-36,38-39H,14-15,20-22H2,1-3H3,(H,37,40)/b8-7+/t30-,31+,32-,33-/m1/s1. The molecule has 0 unspecified atom stereocenters. The Morgan fingerprint density at radius 1 is 1.00 bits per heavy atom. The molecule has 1 amide bonds. The average molecular weight is 558 g/mol. The number of amides is 1.